The standard InChI is InChI=1S/C62H43NO2/c1-40-57-51-38-45(35-37-56(51)65-61(57)58(42-22-8-3-9-23-42)59-50-30-16-19-33-55(50)64-60(40)59)63(54-32-18-15-28-47(54)41-20-6-2-7-21-41)46-34-36-49-48-29-14-17-31-52(48)62(53(49)39-46,43-24-10-4-11-25-43)44-26-12-5-13-27-44/h2-34,36-39,45H,35H2,1H3. The molecule has 2 aliphatic carbocycles. The van der Waals surface area contributed by atoms with Gasteiger partial charge in [0.15, 0.2) is 0 Å². The molecule has 308 valence electrons. The lowest BCUT2D eigenvalue weighted by Gasteiger charge is -2.37. The van der Waals surface area contributed by atoms with Crippen LogP contribution in [0.4, 0.5) is 11.4 Å². The molecule has 2 aromatic heterocycles. The maximum absolute atomic E-state index is 7.09. The van der Waals surface area contributed by atoms with Gasteiger partial charge in [-0.1, -0.05) is 188 Å². The molecule has 1 unspecified atom stereocenters. The number of anilines is 2. The summed E-state index contributed by atoms with van der Waals surface area (Å²) in [5, 5.41) is 4.39. The molecule has 2 aliphatic rings. The molecular formula is C62H43NO2. The third kappa shape index (κ3) is 5.55. The second-order valence-electron chi connectivity index (χ2n) is 17.4. The molecule has 0 radical (unpaired) electrons. The Kier molecular flexibility index (Phi) is 8.48. The van der Waals surface area contributed by atoms with Crippen molar-refractivity contribution in [2.45, 2.75) is 24.8 Å². The monoisotopic (exact) mass is 833 g/mol. The number of hydrogen-bond donors (Lipinski definition) is 0. The molecule has 0 spiro atoms. The average Bonchev–Trinajstić information content (AvgIpc) is 4.05. The molecule has 0 bridgehead atoms. The fraction of sp³-hybridized carbons (Fsp3) is 0.0645. The minimum Gasteiger partial charge on any atom is -0.456 e. The van der Waals surface area contributed by atoms with Crippen LogP contribution in [0.2, 0.25) is 0 Å². The molecule has 13 rings (SSSR count). The molecule has 0 aliphatic heterocycles. The summed E-state index contributed by atoms with van der Waals surface area (Å²) in [6.07, 6.45) is 5.52. The molecule has 3 heteroatoms. The van der Waals surface area contributed by atoms with Gasteiger partial charge in [0.2, 0.25) is 0 Å². The first-order chi connectivity index (χ1) is 32.2. The van der Waals surface area contributed by atoms with E-state index in [1.54, 1.807) is 0 Å². The van der Waals surface area contributed by atoms with Gasteiger partial charge in [-0.05, 0) is 94.3 Å². The summed E-state index contributed by atoms with van der Waals surface area (Å²) in [5.41, 5.74) is 18.5. The van der Waals surface area contributed by atoms with E-state index in [-0.39, 0.29) is 6.04 Å². The van der Waals surface area contributed by atoms with Crippen molar-refractivity contribution in [3.05, 3.63) is 251 Å². The van der Waals surface area contributed by atoms with Gasteiger partial charge < -0.3 is 13.7 Å². The Morgan fingerprint density at radius 3 is 1.85 bits per heavy atom. The minimum absolute atomic E-state index is 0.0659. The zero-order chi connectivity index (χ0) is 43.1. The Labute approximate surface area is 377 Å². The third-order valence-electron chi connectivity index (χ3n) is 14.0. The first-order valence-electron chi connectivity index (χ1n) is 22.6. The number of fused-ring (bicyclic) bond motifs is 9. The van der Waals surface area contributed by atoms with Crippen molar-refractivity contribution >= 4 is 56.4 Å². The molecule has 1 atom stereocenters. The number of aryl methyl sites for hydroxylation is 1. The molecule has 0 N–H and O–H groups in total. The maximum Gasteiger partial charge on any atom is 0.144 e. The van der Waals surface area contributed by atoms with Crippen LogP contribution in [0.25, 0.3) is 78.4 Å². The predicted octanol–water partition coefficient (Wildman–Crippen LogP) is 14.5. The van der Waals surface area contributed by atoms with Crippen molar-refractivity contribution < 1.29 is 8.83 Å². The van der Waals surface area contributed by atoms with Crippen molar-refractivity contribution in [2.75, 3.05) is 4.90 Å². The molecule has 2 heterocycles. The number of rotatable bonds is 7. The van der Waals surface area contributed by atoms with Crippen molar-refractivity contribution in [1.82, 2.24) is 0 Å². The van der Waals surface area contributed by atoms with Crippen LogP contribution < -0.4 is 15.5 Å². The number of benzene rings is 9. The van der Waals surface area contributed by atoms with Crippen LogP contribution >= 0.6 is 0 Å². The highest BCUT2D eigenvalue weighted by Gasteiger charge is 2.46. The summed E-state index contributed by atoms with van der Waals surface area (Å²) in [7, 11) is 0. The molecule has 0 saturated carbocycles. The van der Waals surface area contributed by atoms with Gasteiger partial charge >= 0.3 is 0 Å². The summed E-state index contributed by atoms with van der Waals surface area (Å²) in [5.74, 6) is 0. The van der Waals surface area contributed by atoms with Gasteiger partial charge in [-0.25, -0.2) is 0 Å². The molecule has 11 aromatic rings. The first kappa shape index (κ1) is 37.4. The topological polar surface area (TPSA) is 29.5 Å². The molecule has 0 amide bonds. The normalized spacial score (nSPS) is 14.7. The SMILES string of the molecule is Cc1c2oc3ccccc3c2c(-c2ccccc2)c2oc3c(c12)=CC(N(c1ccc2c(c1)C(c1ccccc1)(c1ccccc1)c1ccccc1-2)c1ccccc1-c1ccccc1)CC=3. The lowest BCUT2D eigenvalue weighted by atomic mass is 9.67. The van der Waals surface area contributed by atoms with Gasteiger partial charge in [-0.15, -0.1) is 0 Å². The molecule has 9 aromatic carbocycles. The highest BCUT2D eigenvalue weighted by Crippen LogP contribution is 2.57. The van der Waals surface area contributed by atoms with E-state index in [4.69, 9.17) is 8.83 Å². The molecule has 0 fully saturated rings. The molecule has 65 heavy (non-hydrogen) atoms. The van der Waals surface area contributed by atoms with E-state index in [0.29, 0.717) is 0 Å². The van der Waals surface area contributed by atoms with Crippen LogP contribution in [0.3, 0.4) is 0 Å². The van der Waals surface area contributed by atoms with Crippen LogP contribution in [0.1, 0.15) is 34.2 Å². The summed E-state index contributed by atoms with van der Waals surface area (Å²) < 4.78 is 13.9. The van der Waals surface area contributed by atoms with Crippen molar-refractivity contribution in [3.63, 3.8) is 0 Å². The summed E-state index contributed by atoms with van der Waals surface area (Å²) in [6, 6.07) is 77.0. The molecule has 3 nitrogen and oxygen atoms in total. The summed E-state index contributed by atoms with van der Waals surface area (Å²) >= 11 is 0. The van der Waals surface area contributed by atoms with Gasteiger partial charge in [0.25, 0.3) is 0 Å². The zero-order valence-corrected chi connectivity index (χ0v) is 35.9. The Bertz CT molecular complexity index is 3710. The van der Waals surface area contributed by atoms with E-state index in [0.717, 1.165) is 78.0 Å². The van der Waals surface area contributed by atoms with Crippen LogP contribution in [0, 0.1) is 6.92 Å². The Morgan fingerprint density at radius 1 is 0.508 bits per heavy atom. The van der Waals surface area contributed by atoms with Gasteiger partial charge in [0.1, 0.15) is 22.2 Å². The molecule has 0 saturated heterocycles. The Morgan fingerprint density at radius 2 is 1.11 bits per heavy atom. The lowest BCUT2D eigenvalue weighted by molar-refractivity contribution is 0.570. The highest BCUT2D eigenvalue weighted by molar-refractivity contribution is 6.21. The molecular weight excluding hydrogens is 791 g/mol. The third-order valence-corrected chi connectivity index (χ3v) is 14.0. The fourth-order valence-electron chi connectivity index (χ4n) is 11.3. The number of hydrogen-bond acceptors (Lipinski definition) is 3. The van der Waals surface area contributed by atoms with E-state index in [1.807, 2.05) is 6.07 Å². The minimum atomic E-state index is -0.533. The van der Waals surface area contributed by atoms with Gasteiger partial charge in [-0.3, -0.25) is 0 Å². The largest absolute Gasteiger partial charge is 0.456 e. The van der Waals surface area contributed by atoms with E-state index in [2.05, 4.69) is 230 Å². The zero-order valence-electron chi connectivity index (χ0n) is 35.9. The Balaban J connectivity index is 1.09. The summed E-state index contributed by atoms with van der Waals surface area (Å²) in [4.78, 5) is 2.58. The van der Waals surface area contributed by atoms with Gasteiger partial charge in [0.05, 0.1) is 11.5 Å². The quantitative estimate of drug-likeness (QED) is 0.160. The van der Waals surface area contributed by atoms with Crippen molar-refractivity contribution in [2.24, 2.45) is 0 Å². The average molecular weight is 834 g/mol. The van der Waals surface area contributed by atoms with Crippen molar-refractivity contribution in [3.8, 4) is 33.4 Å². The van der Waals surface area contributed by atoms with E-state index < -0.39 is 5.41 Å². The van der Waals surface area contributed by atoms with Crippen molar-refractivity contribution in [1.29, 1.82) is 0 Å². The highest BCUT2D eigenvalue weighted by atomic mass is 16.3. The smallest absolute Gasteiger partial charge is 0.144 e. The second kappa shape index (κ2) is 14.7. The van der Waals surface area contributed by atoms with Gasteiger partial charge in [0, 0.05) is 49.4 Å². The number of nitrogens with zero attached hydrogens (tertiary/aromatic N) is 1. The number of para-hydroxylation sites is 2. The van der Waals surface area contributed by atoms with Crippen LogP contribution in [0.5, 0.6) is 0 Å². The van der Waals surface area contributed by atoms with E-state index in [1.165, 1.54) is 44.5 Å². The first-order valence-corrected chi connectivity index (χ1v) is 22.6. The fourth-order valence-corrected chi connectivity index (χ4v) is 11.3. The number of furan rings is 2. The van der Waals surface area contributed by atoms with Crippen LogP contribution in [-0.4, -0.2) is 6.04 Å². The summed E-state index contributed by atoms with van der Waals surface area (Å²) in [6.45, 7) is 2.20. The van der Waals surface area contributed by atoms with Crippen LogP contribution in [-0.2, 0) is 5.41 Å². The Hall–Kier alpha value is -8.14. The lowest BCUT2D eigenvalue weighted by Crippen LogP contribution is -2.37. The predicted molar refractivity (Wildman–Crippen MR) is 268 cm³/mol. The van der Waals surface area contributed by atoms with E-state index in [9.17, 15) is 0 Å². The second-order valence-corrected chi connectivity index (χ2v) is 17.4. The maximum atomic E-state index is 7.09. The van der Waals surface area contributed by atoms with Gasteiger partial charge in [-0.2, -0.15) is 0 Å². The van der Waals surface area contributed by atoms with Crippen LogP contribution in [0.15, 0.2) is 221 Å². The van der Waals surface area contributed by atoms with E-state index >= 15 is 0 Å².